The maximum atomic E-state index is 11.2. The van der Waals surface area contributed by atoms with Gasteiger partial charge in [-0.1, -0.05) is 23.7 Å². The second-order valence-corrected chi connectivity index (χ2v) is 5.33. The number of aromatic nitrogens is 2. The molecule has 0 fully saturated rings. The van der Waals surface area contributed by atoms with Gasteiger partial charge in [-0.25, -0.2) is 0 Å². The maximum absolute atomic E-state index is 11.2. The largest absolute Gasteiger partial charge is 0.496 e. The number of aldehydes is 1. The van der Waals surface area contributed by atoms with Crippen LogP contribution in [0.25, 0.3) is 16.3 Å². The highest BCUT2D eigenvalue weighted by Gasteiger charge is 2.27. The molecule has 0 amide bonds. The summed E-state index contributed by atoms with van der Waals surface area (Å²) in [5, 5.41) is 5.05. The van der Waals surface area contributed by atoms with Crippen molar-refractivity contribution >= 4 is 22.9 Å². The van der Waals surface area contributed by atoms with Crippen molar-refractivity contribution in [1.82, 2.24) is 9.78 Å². The van der Waals surface area contributed by atoms with Crippen LogP contribution < -0.4 is 4.74 Å². The predicted octanol–water partition coefficient (Wildman–Crippen LogP) is 3.19. The van der Waals surface area contributed by atoms with Crippen molar-refractivity contribution in [2.45, 2.75) is 12.8 Å². The van der Waals surface area contributed by atoms with Gasteiger partial charge in [0, 0.05) is 23.7 Å². The quantitative estimate of drug-likeness (QED) is 0.818. The third-order valence-corrected chi connectivity index (χ3v) is 4.19. The number of nitrogens with zero attached hydrogens (tertiary/aromatic N) is 2. The Kier molecular flexibility index (Phi) is 3.55. The Morgan fingerprint density at radius 1 is 1.33 bits per heavy atom. The fraction of sp³-hybridized carbons (Fsp3) is 0.250. The fourth-order valence-electron chi connectivity index (χ4n) is 2.77. The molecule has 0 saturated heterocycles. The molecule has 21 heavy (non-hydrogen) atoms. The topological polar surface area (TPSA) is 44.1 Å². The fourth-order valence-corrected chi connectivity index (χ4v) is 3.11. The summed E-state index contributed by atoms with van der Waals surface area (Å²) in [6, 6.07) is 7.73. The van der Waals surface area contributed by atoms with Crippen LogP contribution in [0.15, 0.2) is 29.8 Å². The van der Waals surface area contributed by atoms with E-state index in [1.165, 1.54) is 0 Å². The molecule has 1 aliphatic carbocycles. The van der Waals surface area contributed by atoms with E-state index in [-0.39, 0.29) is 0 Å². The lowest BCUT2D eigenvalue weighted by atomic mass is 9.94. The maximum Gasteiger partial charge on any atom is 0.147 e. The Balaban J connectivity index is 2.29. The lowest BCUT2D eigenvalue weighted by Crippen LogP contribution is -2.03. The van der Waals surface area contributed by atoms with E-state index in [9.17, 15) is 4.79 Å². The van der Waals surface area contributed by atoms with Crippen molar-refractivity contribution in [2.24, 2.45) is 7.05 Å². The van der Waals surface area contributed by atoms with Gasteiger partial charge in [0.25, 0.3) is 0 Å². The first-order valence-corrected chi connectivity index (χ1v) is 7.08. The van der Waals surface area contributed by atoms with Crippen LogP contribution in [0.4, 0.5) is 0 Å². The number of hydrogen-bond donors (Lipinski definition) is 0. The summed E-state index contributed by atoms with van der Waals surface area (Å²) >= 11 is 6.43. The first kappa shape index (κ1) is 13.9. The monoisotopic (exact) mass is 302 g/mol. The van der Waals surface area contributed by atoms with Crippen LogP contribution in [0.2, 0.25) is 0 Å². The first-order valence-electron chi connectivity index (χ1n) is 6.70. The number of ether oxygens (including phenoxy) is 1. The summed E-state index contributed by atoms with van der Waals surface area (Å²) in [7, 11) is 3.51. The standard InChI is InChI=1S/C16H15ClN2O2/c1-19-16(11-5-3-4-6-13(11)21-2)14-12(18-19)8-7-10(9-20)15(14)17/h3-6,9H,7-8H2,1-2H3. The van der Waals surface area contributed by atoms with Gasteiger partial charge >= 0.3 is 0 Å². The summed E-state index contributed by atoms with van der Waals surface area (Å²) in [5.74, 6) is 0.756. The van der Waals surface area contributed by atoms with Crippen molar-refractivity contribution in [1.29, 1.82) is 0 Å². The van der Waals surface area contributed by atoms with E-state index < -0.39 is 0 Å². The lowest BCUT2D eigenvalue weighted by Gasteiger charge is -2.15. The number of benzene rings is 1. The molecule has 2 aromatic rings. The summed E-state index contributed by atoms with van der Waals surface area (Å²) in [5.41, 5.74) is 4.20. The number of para-hydroxylation sites is 1. The van der Waals surface area contributed by atoms with Gasteiger partial charge in [0.1, 0.15) is 12.0 Å². The first-order chi connectivity index (χ1) is 10.2. The van der Waals surface area contributed by atoms with Gasteiger partial charge in [-0.2, -0.15) is 5.10 Å². The average molecular weight is 303 g/mol. The minimum absolute atomic E-state index is 0.500. The van der Waals surface area contributed by atoms with E-state index in [2.05, 4.69) is 5.10 Å². The van der Waals surface area contributed by atoms with Crippen LogP contribution in [0.1, 0.15) is 17.7 Å². The van der Waals surface area contributed by atoms with Gasteiger partial charge in [0.15, 0.2) is 0 Å². The molecule has 108 valence electrons. The third kappa shape index (κ3) is 2.16. The van der Waals surface area contributed by atoms with Gasteiger partial charge in [-0.05, 0) is 25.0 Å². The highest BCUT2D eigenvalue weighted by Crippen LogP contribution is 2.41. The minimum atomic E-state index is 0.500. The van der Waals surface area contributed by atoms with Crippen molar-refractivity contribution < 1.29 is 9.53 Å². The van der Waals surface area contributed by atoms with Crippen LogP contribution in [-0.4, -0.2) is 23.2 Å². The summed E-state index contributed by atoms with van der Waals surface area (Å²) in [6.45, 7) is 0. The Labute approximate surface area is 128 Å². The number of allylic oxidation sites excluding steroid dienone is 1. The molecule has 1 heterocycles. The number of aryl methyl sites for hydroxylation is 2. The number of carbonyl (C=O) groups excluding carboxylic acids is 1. The number of hydrogen-bond acceptors (Lipinski definition) is 3. The van der Waals surface area contributed by atoms with Crippen LogP contribution in [-0.2, 0) is 18.3 Å². The molecule has 0 aliphatic heterocycles. The Bertz CT molecular complexity index is 747. The molecule has 0 radical (unpaired) electrons. The molecular formula is C16H15ClN2O2. The van der Waals surface area contributed by atoms with Gasteiger partial charge in [-0.3, -0.25) is 9.48 Å². The second kappa shape index (κ2) is 5.37. The molecule has 1 aromatic carbocycles. The van der Waals surface area contributed by atoms with E-state index >= 15 is 0 Å². The molecule has 0 N–H and O–H groups in total. The Morgan fingerprint density at radius 3 is 2.81 bits per heavy atom. The number of rotatable bonds is 3. The molecular weight excluding hydrogens is 288 g/mol. The molecule has 1 aliphatic rings. The van der Waals surface area contributed by atoms with Gasteiger partial charge in [0.05, 0.1) is 23.5 Å². The highest BCUT2D eigenvalue weighted by atomic mass is 35.5. The molecule has 5 heteroatoms. The molecule has 0 unspecified atom stereocenters. The van der Waals surface area contributed by atoms with E-state index in [1.807, 2.05) is 31.3 Å². The summed E-state index contributed by atoms with van der Waals surface area (Å²) < 4.78 is 7.24. The Morgan fingerprint density at radius 2 is 2.10 bits per heavy atom. The third-order valence-electron chi connectivity index (χ3n) is 3.76. The van der Waals surface area contributed by atoms with Crippen molar-refractivity contribution in [2.75, 3.05) is 7.11 Å². The SMILES string of the molecule is COc1ccccc1-c1c2c(nn1C)CCC(C=O)=C2Cl. The smallest absolute Gasteiger partial charge is 0.147 e. The number of fused-ring (bicyclic) bond motifs is 1. The van der Waals surface area contributed by atoms with E-state index in [1.54, 1.807) is 11.8 Å². The van der Waals surface area contributed by atoms with Gasteiger partial charge in [0.2, 0.25) is 0 Å². The molecule has 3 rings (SSSR count). The van der Waals surface area contributed by atoms with Crippen LogP contribution >= 0.6 is 11.6 Å². The highest BCUT2D eigenvalue weighted by molar-refractivity contribution is 6.51. The zero-order valence-corrected chi connectivity index (χ0v) is 12.6. The second-order valence-electron chi connectivity index (χ2n) is 4.95. The van der Waals surface area contributed by atoms with Crippen molar-refractivity contribution in [3.8, 4) is 17.0 Å². The van der Waals surface area contributed by atoms with Crippen molar-refractivity contribution in [3.63, 3.8) is 0 Å². The molecule has 1 aromatic heterocycles. The normalized spacial score (nSPS) is 14.0. The molecule has 4 nitrogen and oxygen atoms in total. The molecule has 0 saturated carbocycles. The van der Waals surface area contributed by atoms with E-state index in [0.29, 0.717) is 17.0 Å². The predicted molar refractivity (Wildman–Crippen MR) is 82.4 cm³/mol. The number of carbonyl (C=O) groups is 1. The minimum Gasteiger partial charge on any atom is -0.496 e. The van der Waals surface area contributed by atoms with Crippen molar-refractivity contribution in [3.05, 3.63) is 41.1 Å². The number of halogens is 1. The zero-order chi connectivity index (χ0) is 15.0. The number of methoxy groups -OCH3 is 1. The van der Waals surface area contributed by atoms with Gasteiger partial charge in [-0.15, -0.1) is 0 Å². The Hall–Kier alpha value is -2.07. The summed E-state index contributed by atoms with van der Waals surface area (Å²) in [6.07, 6.45) is 2.20. The molecule has 0 bridgehead atoms. The lowest BCUT2D eigenvalue weighted by molar-refractivity contribution is -0.105. The zero-order valence-electron chi connectivity index (χ0n) is 11.9. The van der Waals surface area contributed by atoms with Crippen LogP contribution in [0.5, 0.6) is 5.75 Å². The average Bonchev–Trinajstić information content (AvgIpc) is 2.84. The van der Waals surface area contributed by atoms with Crippen LogP contribution in [0.3, 0.4) is 0 Å². The van der Waals surface area contributed by atoms with E-state index in [0.717, 1.165) is 41.0 Å². The molecule has 0 spiro atoms. The van der Waals surface area contributed by atoms with E-state index in [4.69, 9.17) is 16.3 Å². The van der Waals surface area contributed by atoms with Gasteiger partial charge < -0.3 is 4.74 Å². The van der Waals surface area contributed by atoms with Crippen LogP contribution in [0, 0.1) is 0 Å². The molecule has 0 atom stereocenters. The summed E-state index contributed by atoms with van der Waals surface area (Å²) in [4.78, 5) is 11.2.